The van der Waals surface area contributed by atoms with Crippen LogP contribution in [-0.2, 0) is 0 Å². The van der Waals surface area contributed by atoms with Gasteiger partial charge in [0.15, 0.2) is 0 Å². The molecule has 1 aromatic carbocycles. The van der Waals surface area contributed by atoms with Crippen LogP contribution in [0.4, 0.5) is 0 Å². The summed E-state index contributed by atoms with van der Waals surface area (Å²) in [5.41, 5.74) is 1.02. The van der Waals surface area contributed by atoms with Gasteiger partial charge in [-0.05, 0) is 44.2 Å². The van der Waals surface area contributed by atoms with Crippen LogP contribution in [-0.4, -0.2) is 58.8 Å². The molecule has 132 valence electrons. The van der Waals surface area contributed by atoms with Crippen LogP contribution < -0.4 is 0 Å². The number of carbonyl (C=O) groups is 3. The molecule has 0 radical (unpaired) electrons. The highest BCUT2D eigenvalue weighted by molar-refractivity contribution is 6.24. The molecule has 3 heterocycles. The van der Waals surface area contributed by atoms with Gasteiger partial charge in [0.1, 0.15) is 0 Å². The number of amides is 3. The van der Waals surface area contributed by atoms with Crippen molar-refractivity contribution in [2.45, 2.75) is 38.5 Å². The Bertz CT molecular complexity index is 719. The third-order valence-electron chi connectivity index (χ3n) is 5.38. The second-order valence-corrected chi connectivity index (χ2v) is 7.02. The fourth-order valence-corrected chi connectivity index (χ4v) is 4.05. The van der Waals surface area contributed by atoms with E-state index in [9.17, 15) is 14.4 Å². The van der Waals surface area contributed by atoms with E-state index >= 15 is 0 Å². The zero-order valence-corrected chi connectivity index (χ0v) is 14.4. The highest BCUT2D eigenvalue weighted by Crippen LogP contribution is 2.30. The average molecular weight is 341 g/mol. The molecular weight excluding hydrogens is 318 g/mol. The first-order valence-corrected chi connectivity index (χ1v) is 9.24. The lowest BCUT2D eigenvalue weighted by atomic mass is 10.0. The van der Waals surface area contributed by atoms with Crippen LogP contribution in [0.2, 0.25) is 0 Å². The maximum atomic E-state index is 13.0. The number of rotatable bonds is 2. The summed E-state index contributed by atoms with van der Waals surface area (Å²) in [5, 5.41) is 3.10. The molecule has 3 aliphatic heterocycles. The van der Waals surface area contributed by atoms with Gasteiger partial charge in [-0.2, -0.15) is 0 Å². The highest BCUT2D eigenvalue weighted by atomic mass is 16.2. The number of imide groups is 1. The predicted octanol–water partition coefficient (Wildman–Crippen LogP) is 2.31. The van der Waals surface area contributed by atoms with Crippen LogP contribution in [0.25, 0.3) is 0 Å². The monoisotopic (exact) mass is 341 g/mol. The van der Waals surface area contributed by atoms with Crippen molar-refractivity contribution >= 4 is 17.7 Å². The molecule has 0 bridgehead atoms. The summed E-state index contributed by atoms with van der Waals surface area (Å²) in [6.45, 7) is 2.86. The van der Waals surface area contributed by atoms with Gasteiger partial charge in [-0.1, -0.05) is 12.5 Å². The summed E-state index contributed by atoms with van der Waals surface area (Å²) in [7, 11) is 0. The fraction of sp³-hybridized carbons (Fsp3) is 0.526. The van der Waals surface area contributed by atoms with E-state index in [1.807, 2.05) is 5.01 Å². The Morgan fingerprint density at radius 2 is 1.44 bits per heavy atom. The molecule has 0 unspecified atom stereocenters. The van der Waals surface area contributed by atoms with E-state index in [-0.39, 0.29) is 23.3 Å². The molecule has 25 heavy (non-hydrogen) atoms. The van der Waals surface area contributed by atoms with Crippen molar-refractivity contribution in [2.75, 3.05) is 26.2 Å². The molecule has 0 N–H and O–H groups in total. The maximum absolute atomic E-state index is 13.0. The smallest absolute Gasteiger partial charge is 0.277 e. The predicted molar refractivity (Wildman–Crippen MR) is 92.1 cm³/mol. The molecular formula is C19H23N3O3. The standard InChI is InChI=1S/C19H23N3O3/c23-17(20-10-3-1-4-11-20)14-8-7-9-15-16(14)19(25)22(18(15)24)21-12-5-2-6-13-21/h7-9H,1-6,10-13H2. The zero-order chi connectivity index (χ0) is 17.4. The molecule has 0 aliphatic carbocycles. The quantitative estimate of drug-likeness (QED) is 0.775. The second-order valence-electron chi connectivity index (χ2n) is 7.02. The van der Waals surface area contributed by atoms with Crippen LogP contribution in [0.3, 0.4) is 0 Å². The van der Waals surface area contributed by atoms with Crippen molar-refractivity contribution in [1.82, 2.24) is 14.9 Å². The Morgan fingerprint density at radius 1 is 0.800 bits per heavy atom. The van der Waals surface area contributed by atoms with Crippen molar-refractivity contribution in [3.8, 4) is 0 Å². The van der Waals surface area contributed by atoms with E-state index in [1.54, 1.807) is 23.1 Å². The molecule has 6 nitrogen and oxygen atoms in total. The lowest BCUT2D eigenvalue weighted by molar-refractivity contribution is -0.00691. The first-order chi connectivity index (χ1) is 12.2. The number of hydrogen-bond acceptors (Lipinski definition) is 4. The number of hydrazine groups is 1. The Hall–Kier alpha value is -2.21. The minimum Gasteiger partial charge on any atom is -0.339 e. The van der Waals surface area contributed by atoms with Crippen LogP contribution >= 0.6 is 0 Å². The average Bonchev–Trinajstić information content (AvgIpc) is 2.93. The number of nitrogens with zero attached hydrogens (tertiary/aromatic N) is 3. The first-order valence-electron chi connectivity index (χ1n) is 9.24. The van der Waals surface area contributed by atoms with Gasteiger partial charge in [-0.15, -0.1) is 0 Å². The number of hydrogen-bond donors (Lipinski definition) is 0. The minimum atomic E-state index is -0.345. The van der Waals surface area contributed by atoms with Crippen LogP contribution in [0.1, 0.15) is 69.6 Å². The summed E-state index contributed by atoms with van der Waals surface area (Å²) in [4.78, 5) is 40.5. The van der Waals surface area contributed by atoms with E-state index in [2.05, 4.69) is 0 Å². The lowest BCUT2D eigenvalue weighted by Gasteiger charge is -2.32. The zero-order valence-electron chi connectivity index (χ0n) is 14.4. The second kappa shape index (κ2) is 6.59. The van der Waals surface area contributed by atoms with E-state index in [1.165, 1.54) is 5.01 Å². The Morgan fingerprint density at radius 3 is 2.12 bits per heavy atom. The molecule has 2 fully saturated rings. The molecule has 0 atom stereocenters. The van der Waals surface area contributed by atoms with E-state index in [0.29, 0.717) is 24.2 Å². The molecule has 4 rings (SSSR count). The molecule has 6 heteroatoms. The molecule has 0 aromatic heterocycles. The molecule has 3 amide bonds. The third-order valence-corrected chi connectivity index (χ3v) is 5.38. The Kier molecular flexibility index (Phi) is 4.29. The van der Waals surface area contributed by atoms with E-state index in [0.717, 1.165) is 51.6 Å². The van der Waals surface area contributed by atoms with Crippen molar-refractivity contribution in [3.63, 3.8) is 0 Å². The summed E-state index contributed by atoms with van der Waals surface area (Å²) >= 11 is 0. The normalized spacial score (nSPS) is 21.6. The van der Waals surface area contributed by atoms with Crippen LogP contribution in [0.15, 0.2) is 18.2 Å². The summed E-state index contributed by atoms with van der Waals surface area (Å²) < 4.78 is 0. The molecule has 2 saturated heterocycles. The maximum Gasteiger partial charge on any atom is 0.277 e. The molecule has 0 saturated carbocycles. The van der Waals surface area contributed by atoms with Gasteiger partial charge >= 0.3 is 0 Å². The van der Waals surface area contributed by atoms with Gasteiger partial charge < -0.3 is 4.90 Å². The lowest BCUT2D eigenvalue weighted by Crippen LogP contribution is -2.48. The summed E-state index contributed by atoms with van der Waals surface area (Å²) in [6, 6.07) is 5.05. The van der Waals surface area contributed by atoms with Gasteiger partial charge in [0.2, 0.25) is 0 Å². The van der Waals surface area contributed by atoms with Crippen LogP contribution in [0, 0.1) is 0 Å². The Balaban J connectivity index is 1.67. The number of likely N-dealkylation sites (tertiary alicyclic amines) is 1. The largest absolute Gasteiger partial charge is 0.339 e. The van der Waals surface area contributed by atoms with E-state index in [4.69, 9.17) is 0 Å². The van der Waals surface area contributed by atoms with Crippen molar-refractivity contribution in [3.05, 3.63) is 34.9 Å². The Labute approximate surface area is 147 Å². The molecule has 3 aliphatic rings. The van der Waals surface area contributed by atoms with E-state index < -0.39 is 0 Å². The number of benzene rings is 1. The summed E-state index contributed by atoms with van der Waals surface area (Å²) in [5.74, 6) is -0.767. The molecule has 0 spiro atoms. The van der Waals surface area contributed by atoms with Gasteiger partial charge in [0.05, 0.1) is 16.7 Å². The first kappa shape index (κ1) is 16.3. The number of carbonyl (C=O) groups excluding carboxylic acids is 3. The number of fused-ring (bicyclic) bond motifs is 1. The van der Waals surface area contributed by atoms with Crippen molar-refractivity contribution in [1.29, 1.82) is 0 Å². The van der Waals surface area contributed by atoms with Gasteiger partial charge in [-0.25, -0.2) is 10.0 Å². The van der Waals surface area contributed by atoms with Crippen LogP contribution in [0.5, 0.6) is 0 Å². The van der Waals surface area contributed by atoms with Gasteiger partial charge in [-0.3, -0.25) is 14.4 Å². The highest BCUT2D eigenvalue weighted by Gasteiger charge is 2.42. The summed E-state index contributed by atoms with van der Waals surface area (Å²) in [6.07, 6.45) is 6.20. The molecule has 1 aromatic rings. The van der Waals surface area contributed by atoms with Gasteiger partial charge in [0, 0.05) is 26.2 Å². The topological polar surface area (TPSA) is 60.9 Å². The fourth-order valence-electron chi connectivity index (χ4n) is 4.05. The SMILES string of the molecule is O=C(c1cccc2c1C(=O)N(N1CCCCC1)C2=O)N1CCCCC1. The van der Waals surface area contributed by atoms with Crippen molar-refractivity contribution < 1.29 is 14.4 Å². The minimum absolute atomic E-state index is 0.127. The third kappa shape index (κ3) is 2.74. The number of piperidine rings is 2. The van der Waals surface area contributed by atoms with Gasteiger partial charge in [0.25, 0.3) is 17.7 Å². The van der Waals surface area contributed by atoms with Crippen molar-refractivity contribution in [2.24, 2.45) is 0 Å².